The number of thioether (sulfide) groups is 1. The second-order valence-corrected chi connectivity index (χ2v) is 7.94. The molecule has 0 unspecified atom stereocenters. The lowest BCUT2D eigenvalue weighted by molar-refractivity contribution is 0.540. The van der Waals surface area contributed by atoms with Crippen LogP contribution in [-0.4, -0.2) is 14.5 Å². The van der Waals surface area contributed by atoms with Gasteiger partial charge >= 0.3 is 0 Å². The van der Waals surface area contributed by atoms with Crippen molar-refractivity contribution in [1.82, 2.24) is 14.5 Å². The summed E-state index contributed by atoms with van der Waals surface area (Å²) in [6.45, 7) is 1.93. The van der Waals surface area contributed by atoms with Crippen LogP contribution in [0, 0.1) is 6.92 Å². The van der Waals surface area contributed by atoms with Crippen LogP contribution in [0.25, 0.3) is 22.4 Å². The van der Waals surface area contributed by atoms with Crippen LogP contribution in [0.2, 0.25) is 0 Å². The molecule has 1 saturated carbocycles. The topological polar surface area (TPSA) is 60.9 Å². The van der Waals surface area contributed by atoms with E-state index in [9.17, 15) is 4.79 Å². The molecule has 0 saturated heterocycles. The van der Waals surface area contributed by atoms with E-state index >= 15 is 0 Å². The molecule has 1 aliphatic carbocycles. The minimum Gasteiger partial charge on any atom is -0.441 e. The van der Waals surface area contributed by atoms with Crippen molar-refractivity contribution in [2.45, 2.75) is 36.7 Å². The quantitative estimate of drug-likeness (QED) is 0.356. The van der Waals surface area contributed by atoms with Crippen molar-refractivity contribution in [1.29, 1.82) is 0 Å². The van der Waals surface area contributed by atoms with Gasteiger partial charge < -0.3 is 4.42 Å². The van der Waals surface area contributed by atoms with Crippen LogP contribution in [0.3, 0.4) is 0 Å². The summed E-state index contributed by atoms with van der Waals surface area (Å²) < 4.78 is 7.72. The van der Waals surface area contributed by atoms with Crippen molar-refractivity contribution >= 4 is 22.7 Å². The number of rotatable bonds is 5. The second-order valence-electron chi connectivity index (χ2n) is 6.99. The summed E-state index contributed by atoms with van der Waals surface area (Å²) in [4.78, 5) is 22.4. The van der Waals surface area contributed by atoms with Gasteiger partial charge in [0.15, 0.2) is 5.16 Å². The third-order valence-electron chi connectivity index (χ3n) is 4.94. The normalized spacial score (nSPS) is 13.9. The van der Waals surface area contributed by atoms with Gasteiger partial charge in [0, 0.05) is 17.4 Å². The number of hydrogen-bond acceptors (Lipinski definition) is 5. The number of hydrogen-bond donors (Lipinski definition) is 0. The van der Waals surface area contributed by atoms with E-state index in [1.165, 1.54) is 0 Å². The van der Waals surface area contributed by atoms with Crippen LogP contribution in [0.5, 0.6) is 0 Å². The molecule has 6 heteroatoms. The van der Waals surface area contributed by atoms with Gasteiger partial charge in [-0.25, -0.2) is 9.97 Å². The lowest BCUT2D eigenvalue weighted by Crippen LogP contribution is -2.22. The molecule has 0 atom stereocenters. The molecule has 4 aromatic rings. The van der Waals surface area contributed by atoms with Gasteiger partial charge in [-0.2, -0.15) is 0 Å². The molecule has 28 heavy (non-hydrogen) atoms. The maximum Gasteiger partial charge on any atom is 0.262 e. The van der Waals surface area contributed by atoms with E-state index in [-0.39, 0.29) is 11.6 Å². The van der Waals surface area contributed by atoms with Gasteiger partial charge in [-0.05, 0) is 44.0 Å². The molecular weight excluding hydrogens is 370 g/mol. The van der Waals surface area contributed by atoms with Crippen LogP contribution < -0.4 is 5.56 Å². The molecule has 0 N–H and O–H groups in total. The van der Waals surface area contributed by atoms with Crippen LogP contribution in [0.4, 0.5) is 0 Å². The van der Waals surface area contributed by atoms with E-state index in [2.05, 4.69) is 4.98 Å². The Hall–Kier alpha value is -2.86. The SMILES string of the molecule is Cc1oc(-c2ccccc2)nc1CSc1nc2ccccc2c(=O)n1C1CC1. The zero-order chi connectivity index (χ0) is 19.1. The standard InChI is InChI=1S/C22H19N3O2S/c1-14-19(23-20(27-14)15-7-3-2-4-8-15)13-28-22-24-18-10-6-5-9-17(18)21(26)25(22)16-11-12-16/h2-10,16H,11-13H2,1H3. The van der Waals surface area contributed by atoms with Crippen LogP contribution >= 0.6 is 11.8 Å². The zero-order valence-electron chi connectivity index (χ0n) is 15.5. The van der Waals surface area contributed by atoms with E-state index in [0.29, 0.717) is 17.0 Å². The van der Waals surface area contributed by atoms with Crippen LogP contribution in [-0.2, 0) is 5.75 Å². The highest BCUT2D eigenvalue weighted by Crippen LogP contribution is 2.37. The Kier molecular flexibility index (Phi) is 4.28. The summed E-state index contributed by atoms with van der Waals surface area (Å²) >= 11 is 1.55. The lowest BCUT2D eigenvalue weighted by Gasteiger charge is -2.11. The predicted molar refractivity (Wildman–Crippen MR) is 111 cm³/mol. The molecule has 1 aliphatic rings. The van der Waals surface area contributed by atoms with E-state index in [1.807, 2.05) is 66.1 Å². The Bertz CT molecular complexity index is 1210. The minimum absolute atomic E-state index is 0.0532. The van der Waals surface area contributed by atoms with Gasteiger partial charge in [0.2, 0.25) is 5.89 Å². The zero-order valence-corrected chi connectivity index (χ0v) is 16.3. The molecule has 140 valence electrons. The molecule has 0 spiro atoms. The highest BCUT2D eigenvalue weighted by atomic mass is 32.2. The highest BCUT2D eigenvalue weighted by molar-refractivity contribution is 7.98. The first-order valence-electron chi connectivity index (χ1n) is 9.36. The molecule has 5 rings (SSSR count). The molecule has 5 nitrogen and oxygen atoms in total. The van der Waals surface area contributed by atoms with Gasteiger partial charge in [0.05, 0.1) is 16.6 Å². The maximum atomic E-state index is 13.0. The molecule has 0 bridgehead atoms. The smallest absolute Gasteiger partial charge is 0.262 e. The summed E-state index contributed by atoms with van der Waals surface area (Å²) in [5.41, 5.74) is 2.64. The Balaban J connectivity index is 1.47. The lowest BCUT2D eigenvalue weighted by atomic mass is 10.2. The fourth-order valence-electron chi connectivity index (χ4n) is 3.28. The van der Waals surface area contributed by atoms with E-state index in [4.69, 9.17) is 9.40 Å². The molecule has 0 radical (unpaired) electrons. The van der Waals surface area contributed by atoms with Gasteiger partial charge in [-0.3, -0.25) is 9.36 Å². The van der Waals surface area contributed by atoms with Gasteiger partial charge in [0.25, 0.3) is 5.56 Å². The summed E-state index contributed by atoms with van der Waals surface area (Å²) in [7, 11) is 0. The maximum absolute atomic E-state index is 13.0. The number of nitrogens with zero attached hydrogens (tertiary/aromatic N) is 3. The van der Waals surface area contributed by atoms with Crippen molar-refractivity contribution in [2.24, 2.45) is 0 Å². The fraction of sp³-hybridized carbons (Fsp3) is 0.227. The summed E-state index contributed by atoms with van der Waals surface area (Å²) in [5.74, 6) is 2.03. The predicted octanol–water partition coefficient (Wildman–Crippen LogP) is 4.99. The Morgan fingerprint density at radius 2 is 1.82 bits per heavy atom. The monoisotopic (exact) mass is 389 g/mol. The first kappa shape index (κ1) is 17.3. The fourth-order valence-corrected chi connectivity index (χ4v) is 4.35. The largest absolute Gasteiger partial charge is 0.441 e. The number of aryl methyl sites for hydroxylation is 1. The first-order chi connectivity index (χ1) is 13.7. The van der Waals surface area contributed by atoms with Gasteiger partial charge in [-0.1, -0.05) is 42.1 Å². The van der Waals surface area contributed by atoms with Crippen molar-refractivity contribution in [3.05, 3.63) is 76.4 Å². The Morgan fingerprint density at radius 1 is 1.07 bits per heavy atom. The van der Waals surface area contributed by atoms with Crippen molar-refractivity contribution in [3.63, 3.8) is 0 Å². The Labute approximate surface area is 166 Å². The van der Waals surface area contributed by atoms with Gasteiger partial charge in [-0.15, -0.1) is 0 Å². The van der Waals surface area contributed by atoms with Crippen molar-refractivity contribution in [3.8, 4) is 11.5 Å². The van der Waals surface area contributed by atoms with E-state index < -0.39 is 0 Å². The Morgan fingerprint density at radius 3 is 2.61 bits per heavy atom. The molecule has 1 fully saturated rings. The molecule has 2 aromatic carbocycles. The minimum atomic E-state index is 0.0532. The number of benzene rings is 2. The van der Waals surface area contributed by atoms with E-state index in [1.54, 1.807) is 11.8 Å². The number of oxazole rings is 1. The van der Waals surface area contributed by atoms with E-state index in [0.717, 1.165) is 40.5 Å². The number of para-hydroxylation sites is 1. The molecule has 0 amide bonds. The van der Waals surface area contributed by atoms with Crippen LogP contribution in [0.15, 0.2) is 69.0 Å². The number of fused-ring (bicyclic) bond motifs is 1. The van der Waals surface area contributed by atoms with Crippen molar-refractivity contribution in [2.75, 3.05) is 0 Å². The molecule has 0 aliphatic heterocycles. The molecule has 2 heterocycles. The second kappa shape index (κ2) is 6.95. The summed E-state index contributed by atoms with van der Waals surface area (Å²) in [6, 6.07) is 17.7. The number of aromatic nitrogens is 3. The van der Waals surface area contributed by atoms with Gasteiger partial charge in [0.1, 0.15) is 5.76 Å². The summed E-state index contributed by atoms with van der Waals surface area (Å²) in [5, 5.41) is 1.44. The molecule has 2 aromatic heterocycles. The van der Waals surface area contributed by atoms with Crippen molar-refractivity contribution < 1.29 is 4.42 Å². The average molecular weight is 389 g/mol. The third kappa shape index (κ3) is 3.14. The third-order valence-corrected chi connectivity index (χ3v) is 5.90. The van der Waals surface area contributed by atoms with Crippen LogP contribution in [0.1, 0.15) is 30.3 Å². The first-order valence-corrected chi connectivity index (χ1v) is 10.3. The average Bonchev–Trinajstić information content (AvgIpc) is 3.49. The molecular formula is C22H19N3O2S. The summed E-state index contributed by atoms with van der Waals surface area (Å²) in [6.07, 6.45) is 2.07. The highest BCUT2D eigenvalue weighted by Gasteiger charge is 2.28.